The van der Waals surface area contributed by atoms with Crippen molar-refractivity contribution < 1.29 is 4.79 Å². The highest BCUT2D eigenvalue weighted by Crippen LogP contribution is 2.15. The summed E-state index contributed by atoms with van der Waals surface area (Å²) < 4.78 is 0. The summed E-state index contributed by atoms with van der Waals surface area (Å²) in [5, 5.41) is 3.89. The normalized spacial score (nSPS) is 11.0. The number of amides is 1. The van der Waals surface area contributed by atoms with Crippen molar-refractivity contribution in [1.29, 1.82) is 0 Å². The predicted molar refractivity (Wildman–Crippen MR) is 91.4 cm³/mol. The maximum Gasteiger partial charge on any atom is 0.221 e. The largest absolute Gasteiger partial charge is 0.326 e. The molecule has 108 valence electrons. The Kier molecular flexibility index (Phi) is 3.97. The molecule has 0 spiro atoms. The first-order chi connectivity index (χ1) is 10.7. The Morgan fingerprint density at radius 2 is 1.73 bits per heavy atom. The lowest BCUT2D eigenvalue weighted by molar-refractivity contribution is -0.114. The van der Waals surface area contributed by atoms with Crippen molar-refractivity contribution in [3.63, 3.8) is 0 Å². The molecule has 0 bridgehead atoms. The van der Waals surface area contributed by atoms with E-state index in [-0.39, 0.29) is 5.91 Å². The minimum absolute atomic E-state index is 0.0661. The first-order valence-electron chi connectivity index (χ1n) is 7.12. The van der Waals surface area contributed by atoms with E-state index in [9.17, 15) is 4.79 Å². The Morgan fingerprint density at radius 3 is 2.50 bits per heavy atom. The first-order valence-corrected chi connectivity index (χ1v) is 7.12. The van der Waals surface area contributed by atoms with Gasteiger partial charge in [-0.2, -0.15) is 0 Å². The first kappa shape index (κ1) is 14.0. The number of rotatable bonds is 3. The SMILES string of the molecule is CC(=O)Nc1ccc(/C=C\c2ccc3ccccc3n2)cc1. The van der Waals surface area contributed by atoms with Crippen LogP contribution in [0, 0.1) is 0 Å². The predicted octanol–water partition coefficient (Wildman–Crippen LogP) is 4.36. The van der Waals surface area contributed by atoms with Gasteiger partial charge in [0.25, 0.3) is 0 Å². The summed E-state index contributed by atoms with van der Waals surface area (Å²) in [4.78, 5) is 15.6. The number of carbonyl (C=O) groups excluding carboxylic acids is 1. The van der Waals surface area contributed by atoms with Gasteiger partial charge in [0.1, 0.15) is 0 Å². The van der Waals surface area contributed by atoms with Crippen LogP contribution in [0.1, 0.15) is 18.2 Å². The van der Waals surface area contributed by atoms with Crippen LogP contribution in [0.4, 0.5) is 5.69 Å². The average Bonchev–Trinajstić information content (AvgIpc) is 2.53. The van der Waals surface area contributed by atoms with Gasteiger partial charge in [-0.1, -0.05) is 42.5 Å². The molecule has 3 heteroatoms. The van der Waals surface area contributed by atoms with Gasteiger partial charge in [-0.25, -0.2) is 4.98 Å². The molecule has 0 fully saturated rings. The number of carbonyl (C=O) groups is 1. The zero-order valence-corrected chi connectivity index (χ0v) is 12.3. The topological polar surface area (TPSA) is 42.0 Å². The Hall–Kier alpha value is -2.94. The van der Waals surface area contributed by atoms with Crippen LogP contribution >= 0.6 is 0 Å². The highest BCUT2D eigenvalue weighted by molar-refractivity contribution is 5.88. The molecule has 0 radical (unpaired) electrons. The van der Waals surface area contributed by atoms with Crippen LogP contribution in [-0.2, 0) is 4.79 Å². The summed E-state index contributed by atoms with van der Waals surface area (Å²) in [7, 11) is 0. The molecule has 1 aromatic heterocycles. The standard InChI is InChI=1S/C19H16N2O/c1-14(22)20-17-10-6-15(7-11-17)8-12-18-13-9-16-4-2-3-5-19(16)21-18/h2-13H,1H3,(H,20,22)/b12-8-. The van der Waals surface area contributed by atoms with Crippen molar-refractivity contribution in [1.82, 2.24) is 4.98 Å². The van der Waals surface area contributed by atoms with Crippen LogP contribution in [0.3, 0.4) is 0 Å². The summed E-state index contributed by atoms with van der Waals surface area (Å²) in [5.41, 5.74) is 3.77. The van der Waals surface area contributed by atoms with Crippen molar-refractivity contribution in [2.45, 2.75) is 6.92 Å². The molecule has 0 atom stereocenters. The van der Waals surface area contributed by atoms with Gasteiger partial charge in [0.2, 0.25) is 5.91 Å². The fourth-order valence-electron chi connectivity index (χ4n) is 2.24. The Morgan fingerprint density at radius 1 is 0.955 bits per heavy atom. The number of benzene rings is 2. The van der Waals surface area contributed by atoms with Gasteiger partial charge < -0.3 is 5.32 Å². The summed E-state index contributed by atoms with van der Waals surface area (Å²) in [6, 6.07) is 19.8. The number of hydrogen-bond acceptors (Lipinski definition) is 2. The number of hydrogen-bond donors (Lipinski definition) is 1. The van der Waals surface area contributed by atoms with E-state index < -0.39 is 0 Å². The van der Waals surface area contributed by atoms with E-state index >= 15 is 0 Å². The fourth-order valence-corrected chi connectivity index (χ4v) is 2.24. The zero-order chi connectivity index (χ0) is 15.4. The Bertz CT molecular complexity index is 835. The third kappa shape index (κ3) is 3.38. The molecule has 3 nitrogen and oxygen atoms in total. The van der Waals surface area contributed by atoms with Gasteiger partial charge >= 0.3 is 0 Å². The van der Waals surface area contributed by atoms with Crippen molar-refractivity contribution >= 4 is 34.6 Å². The van der Waals surface area contributed by atoms with E-state index in [1.807, 2.05) is 60.7 Å². The monoisotopic (exact) mass is 288 g/mol. The molecule has 2 aromatic carbocycles. The third-order valence-corrected chi connectivity index (χ3v) is 3.30. The molecule has 1 N–H and O–H groups in total. The van der Waals surface area contributed by atoms with E-state index in [4.69, 9.17) is 0 Å². The second-order valence-electron chi connectivity index (χ2n) is 5.07. The maximum atomic E-state index is 11.0. The maximum absolute atomic E-state index is 11.0. The van der Waals surface area contributed by atoms with E-state index in [0.717, 1.165) is 27.8 Å². The number of pyridine rings is 1. The number of aromatic nitrogens is 1. The smallest absolute Gasteiger partial charge is 0.221 e. The molecule has 0 unspecified atom stereocenters. The molecule has 0 saturated carbocycles. The molecule has 22 heavy (non-hydrogen) atoms. The van der Waals surface area contributed by atoms with Crippen LogP contribution in [0.25, 0.3) is 23.1 Å². The Balaban J connectivity index is 1.78. The molecule has 1 amide bonds. The van der Waals surface area contributed by atoms with Crippen LogP contribution in [0.15, 0.2) is 60.7 Å². The Labute approximate surface area is 129 Å². The summed E-state index contributed by atoms with van der Waals surface area (Å²) in [6.07, 6.45) is 3.99. The lowest BCUT2D eigenvalue weighted by atomic mass is 10.1. The average molecular weight is 288 g/mol. The van der Waals surface area contributed by atoms with Gasteiger partial charge in [0.05, 0.1) is 11.2 Å². The number of para-hydroxylation sites is 1. The van der Waals surface area contributed by atoms with Crippen LogP contribution < -0.4 is 5.32 Å². The number of nitrogens with one attached hydrogen (secondary N) is 1. The van der Waals surface area contributed by atoms with Crippen molar-refractivity contribution in [2.24, 2.45) is 0 Å². The summed E-state index contributed by atoms with van der Waals surface area (Å²) in [6.45, 7) is 1.50. The molecule has 3 rings (SSSR count). The molecular weight excluding hydrogens is 272 g/mol. The highest BCUT2D eigenvalue weighted by atomic mass is 16.1. The molecule has 0 aliphatic carbocycles. The molecule has 0 aliphatic heterocycles. The molecule has 3 aromatic rings. The van der Waals surface area contributed by atoms with Crippen molar-refractivity contribution in [3.05, 3.63) is 71.9 Å². The summed E-state index contributed by atoms with van der Waals surface area (Å²) in [5.74, 6) is -0.0661. The van der Waals surface area contributed by atoms with E-state index in [2.05, 4.69) is 22.4 Å². The molecular formula is C19H16N2O. The summed E-state index contributed by atoms with van der Waals surface area (Å²) >= 11 is 0. The number of fused-ring (bicyclic) bond motifs is 1. The van der Waals surface area contributed by atoms with Crippen LogP contribution in [-0.4, -0.2) is 10.9 Å². The minimum Gasteiger partial charge on any atom is -0.326 e. The zero-order valence-electron chi connectivity index (χ0n) is 12.3. The molecule has 0 aliphatic rings. The van der Waals surface area contributed by atoms with E-state index in [0.29, 0.717) is 0 Å². The lowest BCUT2D eigenvalue weighted by Crippen LogP contribution is -2.05. The minimum atomic E-state index is -0.0661. The lowest BCUT2D eigenvalue weighted by Gasteiger charge is -2.02. The third-order valence-electron chi connectivity index (χ3n) is 3.30. The van der Waals surface area contributed by atoms with E-state index in [1.54, 1.807) is 0 Å². The second kappa shape index (κ2) is 6.22. The molecule has 1 heterocycles. The van der Waals surface area contributed by atoms with Gasteiger partial charge in [0.15, 0.2) is 0 Å². The highest BCUT2D eigenvalue weighted by Gasteiger charge is 1.96. The van der Waals surface area contributed by atoms with Crippen LogP contribution in [0.5, 0.6) is 0 Å². The van der Waals surface area contributed by atoms with Gasteiger partial charge in [-0.3, -0.25) is 4.79 Å². The van der Waals surface area contributed by atoms with Crippen LogP contribution in [0.2, 0.25) is 0 Å². The fraction of sp³-hybridized carbons (Fsp3) is 0.0526. The van der Waals surface area contributed by atoms with Gasteiger partial charge in [-0.05, 0) is 35.9 Å². The quantitative estimate of drug-likeness (QED) is 0.778. The second-order valence-corrected chi connectivity index (χ2v) is 5.07. The van der Waals surface area contributed by atoms with Crippen molar-refractivity contribution in [2.75, 3.05) is 5.32 Å². The van der Waals surface area contributed by atoms with Gasteiger partial charge in [0, 0.05) is 18.0 Å². The van der Waals surface area contributed by atoms with Gasteiger partial charge in [-0.15, -0.1) is 0 Å². The van der Waals surface area contributed by atoms with E-state index in [1.165, 1.54) is 6.92 Å². The number of nitrogens with zero attached hydrogens (tertiary/aromatic N) is 1. The molecule has 0 saturated heterocycles. The number of anilines is 1. The van der Waals surface area contributed by atoms with Crippen molar-refractivity contribution in [3.8, 4) is 0 Å².